The van der Waals surface area contributed by atoms with Crippen LogP contribution in [-0.2, 0) is 6.54 Å². The SMILES string of the molecule is Cc1cn(Cc2cnc(C)s2)c(NC(C)C)n1. The van der Waals surface area contributed by atoms with E-state index in [1.54, 1.807) is 11.3 Å². The van der Waals surface area contributed by atoms with Gasteiger partial charge in [0.25, 0.3) is 0 Å². The molecule has 0 bridgehead atoms. The third-order valence-electron chi connectivity index (χ3n) is 2.31. The summed E-state index contributed by atoms with van der Waals surface area (Å²) in [5.41, 5.74) is 1.04. The zero-order chi connectivity index (χ0) is 12.4. The maximum absolute atomic E-state index is 4.49. The summed E-state index contributed by atoms with van der Waals surface area (Å²) in [7, 11) is 0. The highest BCUT2D eigenvalue weighted by Crippen LogP contribution is 2.17. The van der Waals surface area contributed by atoms with Crippen molar-refractivity contribution in [2.45, 2.75) is 40.3 Å². The van der Waals surface area contributed by atoms with Crippen molar-refractivity contribution in [2.75, 3.05) is 5.32 Å². The van der Waals surface area contributed by atoms with Crippen LogP contribution in [0.15, 0.2) is 12.4 Å². The van der Waals surface area contributed by atoms with Gasteiger partial charge >= 0.3 is 0 Å². The molecule has 0 amide bonds. The highest BCUT2D eigenvalue weighted by atomic mass is 32.1. The fourth-order valence-corrected chi connectivity index (χ4v) is 2.48. The van der Waals surface area contributed by atoms with Crippen molar-refractivity contribution < 1.29 is 0 Å². The third-order valence-corrected chi connectivity index (χ3v) is 3.21. The van der Waals surface area contributed by atoms with Crippen LogP contribution in [0.5, 0.6) is 0 Å². The molecule has 0 aliphatic rings. The van der Waals surface area contributed by atoms with Gasteiger partial charge in [-0.25, -0.2) is 9.97 Å². The molecule has 2 aromatic heterocycles. The Labute approximate surface area is 106 Å². The average Bonchev–Trinajstić information content (AvgIpc) is 2.74. The lowest BCUT2D eigenvalue weighted by molar-refractivity contribution is 0.781. The van der Waals surface area contributed by atoms with Crippen molar-refractivity contribution in [1.82, 2.24) is 14.5 Å². The van der Waals surface area contributed by atoms with E-state index in [1.165, 1.54) is 4.88 Å². The summed E-state index contributed by atoms with van der Waals surface area (Å²) in [6.07, 6.45) is 4.01. The topological polar surface area (TPSA) is 42.7 Å². The van der Waals surface area contributed by atoms with Gasteiger partial charge in [-0.3, -0.25) is 0 Å². The Morgan fingerprint density at radius 1 is 1.41 bits per heavy atom. The average molecular weight is 250 g/mol. The number of nitrogens with one attached hydrogen (secondary N) is 1. The Hall–Kier alpha value is -1.36. The van der Waals surface area contributed by atoms with Crippen LogP contribution in [0.25, 0.3) is 0 Å². The predicted octanol–water partition coefficient (Wildman–Crippen LogP) is 2.83. The van der Waals surface area contributed by atoms with E-state index in [0.29, 0.717) is 6.04 Å². The molecule has 2 aromatic rings. The van der Waals surface area contributed by atoms with Crippen LogP contribution in [0.2, 0.25) is 0 Å². The first-order chi connectivity index (χ1) is 8.04. The molecule has 0 saturated heterocycles. The van der Waals surface area contributed by atoms with Crippen molar-refractivity contribution in [2.24, 2.45) is 0 Å². The molecule has 0 radical (unpaired) electrons. The lowest BCUT2D eigenvalue weighted by atomic mass is 10.4. The molecule has 0 aliphatic carbocycles. The molecular formula is C12H18N4S. The minimum Gasteiger partial charge on any atom is -0.353 e. The van der Waals surface area contributed by atoms with E-state index in [-0.39, 0.29) is 0 Å². The van der Waals surface area contributed by atoms with Gasteiger partial charge in [0.15, 0.2) is 0 Å². The van der Waals surface area contributed by atoms with Gasteiger partial charge < -0.3 is 9.88 Å². The molecule has 0 atom stereocenters. The monoisotopic (exact) mass is 250 g/mol. The van der Waals surface area contributed by atoms with Crippen LogP contribution in [0.3, 0.4) is 0 Å². The van der Waals surface area contributed by atoms with Gasteiger partial charge in [0.05, 0.1) is 17.2 Å². The standard InChI is InChI=1S/C12H18N4S/c1-8(2)14-12-15-9(3)6-16(12)7-11-5-13-10(4)17-11/h5-6,8H,7H2,1-4H3,(H,14,15). The Bertz CT molecular complexity index is 498. The Kier molecular flexibility index (Phi) is 3.47. The second-order valence-corrected chi connectivity index (χ2v) is 5.80. The van der Waals surface area contributed by atoms with Crippen LogP contribution in [0.1, 0.15) is 29.4 Å². The van der Waals surface area contributed by atoms with Crippen molar-refractivity contribution >= 4 is 17.3 Å². The number of thiazole rings is 1. The van der Waals surface area contributed by atoms with E-state index in [0.717, 1.165) is 23.2 Å². The number of nitrogens with zero attached hydrogens (tertiary/aromatic N) is 3. The summed E-state index contributed by atoms with van der Waals surface area (Å²) < 4.78 is 2.14. The summed E-state index contributed by atoms with van der Waals surface area (Å²) in [6.45, 7) is 9.11. The first kappa shape index (κ1) is 12.1. The summed E-state index contributed by atoms with van der Waals surface area (Å²) in [6, 6.07) is 0.388. The summed E-state index contributed by atoms with van der Waals surface area (Å²) in [5.74, 6) is 0.934. The molecular weight excluding hydrogens is 232 g/mol. The summed E-state index contributed by atoms with van der Waals surface area (Å²) >= 11 is 1.73. The van der Waals surface area contributed by atoms with Gasteiger partial charge in [0, 0.05) is 23.3 Å². The van der Waals surface area contributed by atoms with Crippen LogP contribution >= 0.6 is 11.3 Å². The molecule has 2 heterocycles. The zero-order valence-corrected chi connectivity index (χ0v) is 11.5. The third kappa shape index (κ3) is 3.06. The number of anilines is 1. The molecule has 4 nitrogen and oxygen atoms in total. The molecule has 92 valence electrons. The van der Waals surface area contributed by atoms with Crippen molar-refractivity contribution in [3.8, 4) is 0 Å². The number of aryl methyl sites for hydroxylation is 2. The highest BCUT2D eigenvalue weighted by Gasteiger charge is 2.08. The number of rotatable bonds is 4. The van der Waals surface area contributed by atoms with Gasteiger partial charge in [0.2, 0.25) is 5.95 Å². The second-order valence-electron chi connectivity index (χ2n) is 4.48. The minimum atomic E-state index is 0.388. The van der Waals surface area contributed by atoms with Gasteiger partial charge in [-0.1, -0.05) is 0 Å². The van der Waals surface area contributed by atoms with Crippen molar-refractivity contribution in [1.29, 1.82) is 0 Å². The molecule has 17 heavy (non-hydrogen) atoms. The molecule has 0 unspecified atom stereocenters. The van der Waals surface area contributed by atoms with E-state index in [2.05, 4.69) is 39.9 Å². The Morgan fingerprint density at radius 2 is 2.18 bits per heavy atom. The number of hydrogen-bond donors (Lipinski definition) is 1. The van der Waals surface area contributed by atoms with E-state index >= 15 is 0 Å². The number of hydrogen-bond acceptors (Lipinski definition) is 4. The molecule has 0 fully saturated rings. The molecule has 5 heteroatoms. The quantitative estimate of drug-likeness (QED) is 0.907. The molecule has 2 rings (SSSR count). The van der Waals surface area contributed by atoms with E-state index in [1.807, 2.05) is 20.0 Å². The van der Waals surface area contributed by atoms with Gasteiger partial charge in [0.1, 0.15) is 0 Å². The largest absolute Gasteiger partial charge is 0.353 e. The van der Waals surface area contributed by atoms with Crippen molar-refractivity contribution in [3.63, 3.8) is 0 Å². The molecule has 0 spiro atoms. The van der Waals surface area contributed by atoms with E-state index < -0.39 is 0 Å². The minimum absolute atomic E-state index is 0.388. The van der Waals surface area contributed by atoms with Crippen molar-refractivity contribution in [3.05, 3.63) is 28.0 Å². The fourth-order valence-electron chi connectivity index (χ4n) is 1.69. The van der Waals surface area contributed by atoms with Crippen LogP contribution in [0, 0.1) is 13.8 Å². The normalized spacial score (nSPS) is 11.1. The van der Waals surface area contributed by atoms with Gasteiger partial charge in [-0.2, -0.15) is 0 Å². The van der Waals surface area contributed by atoms with E-state index in [9.17, 15) is 0 Å². The predicted molar refractivity (Wildman–Crippen MR) is 71.7 cm³/mol. The van der Waals surface area contributed by atoms with Crippen LogP contribution in [-0.4, -0.2) is 20.6 Å². The Balaban J connectivity index is 2.19. The number of aromatic nitrogens is 3. The van der Waals surface area contributed by atoms with Crippen LogP contribution < -0.4 is 5.32 Å². The highest BCUT2D eigenvalue weighted by molar-refractivity contribution is 7.11. The lowest BCUT2D eigenvalue weighted by Crippen LogP contribution is -2.14. The van der Waals surface area contributed by atoms with Crippen LogP contribution in [0.4, 0.5) is 5.95 Å². The molecule has 1 N–H and O–H groups in total. The molecule has 0 aromatic carbocycles. The van der Waals surface area contributed by atoms with Gasteiger partial charge in [-0.15, -0.1) is 11.3 Å². The second kappa shape index (κ2) is 4.87. The summed E-state index contributed by atoms with van der Waals surface area (Å²) in [4.78, 5) is 10.0. The Morgan fingerprint density at radius 3 is 2.76 bits per heavy atom. The first-order valence-electron chi connectivity index (χ1n) is 5.76. The van der Waals surface area contributed by atoms with E-state index in [4.69, 9.17) is 0 Å². The summed E-state index contributed by atoms with van der Waals surface area (Å²) in [5, 5.41) is 4.46. The molecule has 0 saturated carbocycles. The van der Waals surface area contributed by atoms with Gasteiger partial charge in [-0.05, 0) is 27.7 Å². The first-order valence-corrected chi connectivity index (χ1v) is 6.58. The maximum Gasteiger partial charge on any atom is 0.203 e. The molecule has 0 aliphatic heterocycles. The lowest BCUT2D eigenvalue weighted by Gasteiger charge is -2.11. The smallest absolute Gasteiger partial charge is 0.203 e. The number of imidazole rings is 1. The zero-order valence-electron chi connectivity index (χ0n) is 10.7. The fraction of sp³-hybridized carbons (Fsp3) is 0.500. The maximum atomic E-state index is 4.49.